The monoisotopic (exact) mass is 308 g/mol. The van der Waals surface area contributed by atoms with Crippen molar-refractivity contribution in [3.8, 4) is 11.1 Å². The summed E-state index contributed by atoms with van der Waals surface area (Å²) < 4.78 is 0. The fourth-order valence-corrected chi connectivity index (χ4v) is 3.61. The van der Waals surface area contributed by atoms with Gasteiger partial charge in [0.1, 0.15) is 0 Å². The zero-order valence-corrected chi connectivity index (χ0v) is 16.1. The van der Waals surface area contributed by atoms with Crippen LogP contribution >= 0.6 is 0 Å². The van der Waals surface area contributed by atoms with Gasteiger partial charge in [-0.1, -0.05) is 77.4 Å². The van der Waals surface area contributed by atoms with Crippen LogP contribution in [0.2, 0.25) is 0 Å². The number of aryl methyl sites for hydroxylation is 1. The standard InChI is InChI=1S/C23H32/c1-14(2)19-10-9-11-20(15(3)4)23(19)22-13-17(7)12-21(16(5)6)18(22)8/h9-16H,1-8H3. The average molecular weight is 309 g/mol. The van der Waals surface area contributed by atoms with Gasteiger partial charge in [-0.2, -0.15) is 0 Å². The fraction of sp³-hybridized carbons (Fsp3) is 0.478. The molecular formula is C23H32. The lowest BCUT2D eigenvalue weighted by atomic mass is 9.81. The van der Waals surface area contributed by atoms with Gasteiger partial charge in [-0.3, -0.25) is 0 Å². The first-order chi connectivity index (χ1) is 10.7. The summed E-state index contributed by atoms with van der Waals surface area (Å²) in [5.74, 6) is 1.62. The van der Waals surface area contributed by atoms with Crippen LogP contribution in [-0.4, -0.2) is 0 Å². The third-order valence-electron chi connectivity index (χ3n) is 4.86. The van der Waals surface area contributed by atoms with Gasteiger partial charge in [-0.05, 0) is 65.0 Å². The van der Waals surface area contributed by atoms with E-state index in [1.807, 2.05) is 0 Å². The van der Waals surface area contributed by atoms with Gasteiger partial charge in [0.15, 0.2) is 0 Å². The van der Waals surface area contributed by atoms with Gasteiger partial charge in [0.05, 0.1) is 0 Å². The molecule has 0 aliphatic carbocycles. The number of hydrogen-bond donors (Lipinski definition) is 0. The predicted octanol–water partition coefficient (Wildman–Crippen LogP) is 7.34. The van der Waals surface area contributed by atoms with Crippen LogP contribution in [0.15, 0.2) is 30.3 Å². The predicted molar refractivity (Wildman–Crippen MR) is 104 cm³/mol. The Balaban J connectivity index is 2.86. The van der Waals surface area contributed by atoms with E-state index in [2.05, 4.69) is 85.7 Å². The lowest BCUT2D eigenvalue weighted by Gasteiger charge is -2.23. The van der Waals surface area contributed by atoms with Gasteiger partial charge in [0.25, 0.3) is 0 Å². The molecule has 0 heterocycles. The summed E-state index contributed by atoms with van der Waals surface area (Å²) in [6, 6.07) is 11.6. The Labute approximate surface area is 143 Å². The molecule has 0 fully saturated rings. The van der Waals surface area contributed by atoms with Crippen molar-refractivity contribution >= 4 is 0 Å². The molecule has 0 aliphatic heterocycles. The minimum atomic E-state index is 0.533. The third kappa shape index (κ3) is 3.52. The van der Waals surface area contributed by atoms with Crippen LogP contribution in [0.3, 0.4) is 0 Å². The maximum absolute atomic E-state index is 2.38. The van der Waals surface area contributed by atoms with Crippen molar-refractivity contribution in [1.29, 1.82) is 0 Å². The molecule has 0 aromatic heterocycles. The van der Waals surface area contributed by atoms with Crippen molar-refractivity contribution in [3.05, 3.63) is 58.1 Å². The molecule has 0 unspecified atom stereocenters. The van der Waals surface area contributed by atoms with Crippen LogP contribution in [0.5, 0.6) is 0 Å². The van der Waals surface area contributed by atoms with Gasteiger partial charge >= 0.3 is 0 Å². The Morgan fingerprint density at radius 2 is 1.13 bits per heavy atom. The summed E-state index contributed by atoms with van der Waals surface area (Å²) in [4.78, 5) is 0. The van der Waals surface area contributed by atoms with E-state index in [9.17, 15) is 0 Å². The topological polar surface area (TPSA) is 0 Å². The Morgan fingerprint density at radius 3 is 1.57 bits per heavy atom. The van der Waals surface area contributed by atoms with E-state index >= 15 is 0 Å². The minimum Gasteiger partial charge on any atom is -0.0617 e. The van der Waals surface area contributed by atoms with Crippen LogP contribution in [0.1, 0.15) is 87.1 Å². The zero-order chi connectivity index (χ0) is 17.3. The zero-order valence-electron chi connectivity index (χ0n) is 16.1. The van der Waals surface area contributed by atoms with Gasteiger partial charge in [-0.25, -0.2) is 0 Å². The normalized spacial score (nSPS) is 11.8. The molecule has 0 nitrogen and oxygen atoms in total. The highest BCUT2D eigenvalue weighted by atomic mass is 14.2. The molecule has 2 aromatic rings. The second-order valence-corrected chi connectivity index (χ2v) is 7.80. The molecule has 0 N–H and O–H groups in total. The highest BCUT2D eigenvalue weighted by Gasteiger charge is 2.19. The van der Waals surface area contributed by atoms with Crippen LogP contribution in [-0.2, 0) is 0 Å². The molecule has 0 heteroatoms. The van der Waals surface area contributed by atoms with Crippen LogP contribution in [0.25, 0.3) is 11.1 Å². The maximum atomic E-state index is 2.38. The van der Waals surface area contributed by atoms with Gasteiger partial charge in [-0.15, -0.1) is 0 Å². The van der Waals surface area contributed by atoms with E-state index in [4.69, 9.17) is 0 Å². The van der Waals surface area contributed by atoms with Crippen molar-refractivity contribution < 1.29 is 0 Å². The Hall–Kier alpha value is -1.56. The quantitative estimate of drug-likeness (QED) is 0.554. The van der Waals surface area contributed by atoms with E-state index < -0.39 is 0 Å². The molecule has 0 spiro atoms. The van der Waals surface area contributed by atoms with Crippen molar-refractivity contribution in [1.82, 2.24) is 0 Å². The first-order valence-corrected chi connectivity index (χ1v) is 8.98. The largest absolute Gasteiger partial charge is 0.0617 e. The first-order valence-electron chi connectivity index (χ1n) is 8.98. The summed E-state index contributed by atoms with van der Waals surface area (Å²) in [5, 5.41) is 0. The highest BCUT2D eigenvalue weighted by Crippen LogP contribution is 2.40. The molecule has 0 radical (unpaired) electrons. The van der Waals surface area contributed by atoms with Gasteiger partial charge in [0, 0.05) is 0 Å². The summed E-state index contributed by atoms with van der Waals surface area (Å²) in [6.45, 7) is 18.3. The lowest BCUT2D eigenvalue weighted by molar-refractivity contribution is 0.834. The number of rotatable bonds is 4. The van der Waals surface area contributed by atoms with E-state index in [-0.39, 0.29) is 0 Å². The Bertz CT molecular complexity index is 661. The molecule has 0 saturated carbocycles. The molecule has 124 valence electrons. The van der Waals surface area contributed by atoms with E-state index in [1.54, 1.807) is 0 Å². The van der Waals surface area contributed by atoms with Crippen molar-refractivity contribution in [2.24, 2.45) is 0 Å². The highest BCUT2D eigenvalue weighted by molar-refractivity contribution is 5.76. The van der Waals surface area contributed by atoms with Crippen LogP contribution in [0, 0.1) is 13.8 Å². The van der Waals surface area contributed by atoms with Crippen molar-refractivity contribution in [2.75, 3.05) is 0 Å². The summed E-state index contributed by atoms with van der Waals surface area (Å²) in [6.07, 6.45) is 0. The van der Waals surface area contributed by atoms with Crippen LogP contribution < -0.4 is 0 Å². The van der Waals surface area contributed by atoms with Gasteiger partial charge < -0.3 is 0 Å². The Kier molecular flexibility index (Phi) is 5.34. The lowest BCUT2D eigenvalue weighted by Crippen LogP contribution is -2.03. The third-order valence-corrected chi connectivity index (χ3v) is 4.86. The maximum Gasteiger partial charge on any atom is -0.0112 e. The Morgan fingerprint density at radius 1 is 0.652 bits per heavy atom. The molecular weight excluding hydrogens is 276 g/mol. The molecule has 0 atom stereocenters. The van der Waals surface area contributed by atoms with Crippen LogP contribution in [0.4, 0.5) is 0 Å². The molecule has 23 heavy (non-hydrogen) atoms. The minimum absolute atomic E-state index is 0.533. The molecule has 2 rings (SSSR count). The number of hydrogen-bond acceptors (Lipinski definition) is 0. The first kappa shape index (κ1) is 17.8. The van der Waals surface area contributed by atoms with E-state index in [0.717, 1.165) is 0 Å². The molecule has 0 aliphatic rings. The molecule has 2 aromatic carbocycles. The van der Waals surface area contributed by atoms with Crippen molar-refractivity contribution in [2.45, 2.75) is 73.1 Å². The van der Waals surface area contributed by atoms with Gasteiger partial charge in [0.2, 0.25) is 0 Å². The van der Waals surface area contributed by atoms with E-state index in [1.165, 1.54) is 38.9 Å². The second kappa shape index (κ2) is 6.91. The summed E-state index contributed by atoms with van der Waals surface area (Å²) in [7, 11) is 0. The average Bonchev–Trinajstić information content (AvgIpc) is 2.48. The number of benzene rings is 2. The summed E-state index contributed by atoms with van der Waals surface area (Å²) in [5.41, 5.74) is 10.1. The molecule has 0 saturated heterocycles. The fourth-order valence-electron chi connectivity index (χ4n) is 3.61. The SMILES string of the molecule is Cc1cc(-c2c(C(C)C)cccc2C(C)C)c(C)c(C(C)C)c1. The second-order valence-electron chi connectivity index (χ2n) is 7.80. The molecule has 0 amide bonds. The molecule has 0 bridgehead atoms. The van der Waals surface area contributed by atoms with Crippen molar-refractivity contribution in [3.63, 3.8) is 0 Å². The summed E-state index contributed by atoms with van der Waals surface area (Å²) >= 11 is 0. The smallest absolute Gasteiger partial charge is 0.0112 e. The van der Waals surface area contributed by atoms with E-state index in [0.29, 0.717) is 17.8 Å².